The Hall–Kier alpha value is -2.26. The molecule has 3 aliphatic rings. The first kappa shape index (κ1) is 21.0. The van der Waals surface area contributed by atoms with Gasteiger partial charge in [0.2, 0.25) is 27.7 Å². The number of sulfonamides is 1. The van der Waals surface area contributed by atoms with E-state index >= 15 is 0 Å². The number of hydrogen-bond donors (Lipinski definition) is 0. The van der Waals surface area contributed by atoms with Gasteiger partial charge in [0.25, 0.3) is 0 Å². The van der Waals surface area contributed by atoms with E-state index in [2.05, 4.69) is 0 Å². The Kier molecular flexibility index (Phi) is 5.92. The first-order chi connectivity index (χ1) is 14.4. The van der Waals surface area contributed by atoms with Crippen LogP contribution < -0.4 is 0 Å². The molecule has 0 spiro atoms. The molecule has 3 fully saturated rings. The van der Waals surface area contributed by atoms with Crippen LogP contribution in [0.5, 0.6) is 0 Å². The molecule has 0 aromatic heterocycles. The third-order valence-electron chi connectivity index (χ3n) is 6.45. The van der Waals surface area contributed by atoms with Crippen LogP contribution in [0.15, 0.2) is 35.2 Å². The molecule has 2 heterocycles. The Morgan fingerprint density at radius 1 is 0.900 bits per heavy atom. The van der Waals surface area contributed by atoms with Gasteiger partial charge in [0.15, 0.2) is 0 Å². The molecule has 2 aliphatic heterocycles. The Bertz CT molecular complexity index is 901. The maximum atomic E-state index is 12.7. The Morgan fingerprint density at radius 2 is 1.47 bits per heavy atom. The summed E-state index contributed by atoms with van der Waals surface area (Å²) in [5.41, 5.74) is 0. The fraction of sp³-hybridized carbons (Fsp3) is 0.571. The topological polar surface area (TPSA) is 95.1 Å². The van der Waals surface area contributed by atoms with Crippen LogP contribution in [0, 0.1) is 11.8 Å². The second-order valence-corrected chi connectivity index (χ2v) is 10.1. The van der Waals surface area contributed by atoms with Crippen molar-refractivity contribution in [2.45, 2.75) is 37.0 Å². The van der Waals surface area contributed by atoms with Crippen LogP contribution in [0.1, 0.15) is 32.1 Å². The maximum absolute atomic E-state index is 12.7. The zero-order valence-electron chi connectivity index (χ0n) is 16.9. The lowest BCUT2D eigenvalue weighted by atomic mass is 9.81. The van der Waals surface area contributed by atoms with Crippen LogP contribution >= 0.6 is 0 Å². The first-order valence-corrected chi connectivity index (χ1v) is 12.0. The number of imide groups is 1. The van der Waals surface area contributed by atoms with Crippen molar-refractivity contribution >= 4 is 27.7 Å². The molecule has 9 heteroatoms. The van der Waals surface area contributed by atoms with Crippen molar-refractivity contribution in [3.8, 4) is 0 Å². The SMILES string of the molecule is O=C(CCN1C(=O)[C@H]2CCCC[C@H]2C1=O)N1CCN(S(=O)(=O)c2ccccc2)CC1. The lowest BCUT2D eigenvalue weighted by molar-refractivity contribution is -0.141. The molecule has 30 heavy (non-hydrogen) atoms. The highest BCUT2D eigenvalue weighted by atomic mass is 32.2. The van der Waals surface area contributed by atoms with E-state index in [4.69, 9.17) is 0 Å². The summed E-state index contributed by atoms with van der Waals surface area (Å²) in [5.74, 6) is -0.809. The van der Waals surface area contributed by atoms with Gasteiger partial charge in [-0.2, -0.15) is 4.31 Å². The molecule has 1 saturated carbocycles. The summed E-state index contributed by atoms with van der Waals surface area (Å²) < 4.78 is 26.8. The van der Waals surface area contributed by atoms with Crippen LogP contribution in [0.25, 0.3) is 0 Å². The number of fused-ring (bicyclic) bond motifs is 1. The van der Waals surface area contributed by atoms with Gasteiger partial charge in [-0.15, -0.1) is 0 Å². The zero-order valence-corrected chi connectivity index (χ0v) is 17.7. The molecule has 0 unspecified atom stereocenters. The molecule has 2 saturated heterocycles. The maximum Gasteiger partial charge on any atom is 0.243 e. The second kappa shape index (κ2) is 8.47. The highest BCUT2D eigenvalue weighted by molar-refractivity contribution is 7.89. The van der Waals surface area contributed by atoms with Crippen LogP contribution in [0.2, 0.25) is 0 Å². The largest absolute Gasteiger partial charge is 0.340 e. The molecule has 0 radical (unpaired) electrons. The van der Waals surface area contributed by atoms with E-state index in [0.29, 0.717) is 13.1 Å². The molecule has 3 amide bonds. The third-order valence-corrected chi connectivity index (χ3v) is 8.37. The number of hydrogen-bond acceptors (Lipinski definition) is 5. The second-order valence-electron chi connectivity index (χ2n) is 8.17. The van der Waals surface area contributed by atoms with E-state index in [9.17, 15) is 22.8 Å². The van der Waals surface area contributed by atoms with Gasteiger partial charge in [-0.3, -0.25) is 19.3 Å². The van der Waals surface area contributed by atoms with E-state index in [1.54, 1.807) is 35.2 Å². The third kappa shape index (κ3) is 3.88. The molecule has 1 aliphatic carbocycles. The minimum absolute atomic E-state index is 0.0857. The summed E-state index contributed by atoms with van der Waals surface area (Å²) in [7, 11) is -3.57. The van der Waals surface area contributed by atoms with E-state index < -0.39 is 10.0 Å². The van der Waals surface area contributed by atoms with Gasteiger partial charge in [0.05, 0.1) is 16.7 Å². The van der Waals surface area contributed by atoms with E-state index in [-0.39, 0.29) is 60.5 Å². The van der Waals surface area contributed by atoms with Crippen molar-refractivity contribution in [2.75, 3.05) is 32.7 Å². The van der Waals surface area contributed by atoms with Gasteiger partial charge in [0.1, 0.15) is 0 Å². The Morgan fingerprint density at radius 3 is 2.03 bits per heavy atom. The summed E-state index contributed by atoms with van der Waals surface area (Å²) in [4.78, 5) is 40.8. The van der Waals surface area contributed by atoms with Gasteiger partial charge in [-0.05, 0) is 25.0 Å². The van der Waals surface area contributed by atoms with Gasteiger partial charge in [-0.25, -0.2) is 8.42 Å². The fourth-order valence-electron chi connectivity index (χ4n) is 4.74. The predicted octanol–water partition coefficient (Wildman–Crippen LogP) is 1.08. The smallest absolute Gasteiger partial charge is 0.243 e. The molecule has 0 N–H and O–H groups in total. The van der Waals surface area contributed by atoms with E-state index in [1.165, 1.54) is 9.21 Å². The number of carbonyl (C=O) groups excluding carboxylic acids is 3. The van der Waals surface area contributed by atoms with Crippen LogP contribution in [0.4, 0.5) is 0 Å². The summed E-state index contributed by atoms with van der Waals surface area (Å²) in [5, 5.41) is 0. The van der Waals surface area contributed by atoms with Crippen LogP contribution in [-0.4, -0.2) is 73.0 Å². The Labute approximate surface area is 176 Å². The number of carbonyl (C=O) groups is 3. The molecular formula is C21H27N3O5S. The van der Waals surface area contributed by atoms with Crippen molar-refractivity contribution in [3.63, 3.8) is 0 Å². The van der Waals surface area contributed by atoms with Gasteiger partial charge >= 0.3 is 0 Å². The van der Waals surface area contributed by atoms with Crippen molar-refractivity contribution in [1.82, 2.24) is 14.1 Å². The first-order valence-electron chi connectivity index (χ1n) is 10.6. The lowest BCUT2D eigenvalue weighted by Gasteiger charge is -2.34. The quantitative estimate of drug-likeness (QED) is 0.648. The summed E-state index contributed by atoms with van der Waals surface area (Å²) >= 11 is 0. The standard InChI is InChI=1S/C21H27N3O5S/c25-19(10-11-24-20(26)17-8-4-5-9-18(17)21(24)27)22-12-14-23(15-13-22)30(28,29)16-6-2-1-3-7-16/h1-3,6-7,17-18H,4-5,8-15H2/t17-,18+. The molecular weight excluding hydrogens is 406 g/mol. The van der Waals surface area contributed by atoms with Gasteiger partial charge in [0, 0.05) is 39.1 Å². The normalized spacial score (nSPS) is 25.5. The lowest BCUT2D eigenvalue weighted by Crippen LogP contribution is -2.51. The molecule has 8 nitrogen and oxygen atoms in total. The highest BCUT2D eigenvalue weighted by Gasteiger charge is 2.48. The van der Waals surface area contributed by atoms with Gasteiger partial charge < -0.3 is 4.90 Å². The van der Waals surface area contributed by atoms with Crippen molar-refractivity contribution in [1.29, 1.82) is 0 Å². The molecule has 0 bridgehead atoms. The number of nitrogens with zero attached hydrogens (tertiary/aromatic N) is 3. The average Bonchev–Trinajstić information content (AvgIpc) is 3.03. The summed E-state index contributed by atoms with van der Waals surface area (Å²) in [6.45, 7) is 1.19. The average molecular weight is 434 g/mol. The molecule has 162 valence electrons. The number of likely N-dealkylation sites (tertiary alicyclic amines) is 1. The zero-order chi connectivity index (χ0) is 21.3. The summed E-state index contributed by atoms with van der Waals surface area (Å²) in [6.07, 6.45) is 3.56. The summed E-state index contributed by atoms with van der Waals surface area (Å²) in [6, 6.07) is 8.26. The number of benzene rings is 1. The fourth-order valence-corrected chi connectivity index (χ4v) is 6.18. The minimum Gasteiger partial charge on any atom is -0.340 e. The monoisotopic (exact) mass is 433 g/mol. The van der Waals surface area contributed by atoms with E-state index in [0.717, 1.165) is 25.7 Å². The van der Waals surface area contributed by atoms with Crippen LogP contribution in [-0.2, 0) is 24.4 Å². The van der Waals surface area contributed by atoms with Crippen molar-refractivity contribution in [2.24, 2.45) is 11.8 Å². The van der Waals surface area contributed by atoms with Gasteiger partial charge in [-0.1, -0.05) is 31.0 Å². The van der Waals surface area contributed by atoms with Crippen molar-refractivity contribution in [3.05, 3.63) is 30.3 Å². The number of piperazine rings is 1. The predicted molar refractivity (Wildman–Crippen MR) is 109 cm³/mol. The van der Waals surface area contributed by atoms with E-state index in [1.807, 2.05) is 0 Å². The highest BCUT2D eigenvalue weighted by Crippen LogP contribution is 2.38. The number of amides is 3. The molecule has 1 aromatic rings. The minimum atomic E-state index is -3.57. The molecule has 4 rings (SSSR count). The molecule has 1 aromatic carbocycles. The Balaban J connectivity index is 1.30. The number of rotatable bonds is 5. The van der Waals surface area contributed by atoms with Crippen molar-refractivity contribution < 1.29 is 22.8 Å². The molecule has 2 atom stereocenters. The van der Waals surface area contributed by atoms with Crippen LogP contribution in [0.3, 0.4) is 0 Å².